The standard InChI is InChI=1S/C17H26O3S/c1-5-10-14(21-13-11-8-7-9-12-13)15(18)17(3,4)16(19)20-6-2/h7-9,11-12,14-15,18H,5-6,10H2,1-4H3/t14-,15-/m0/s1. The molecule has 0 aliphatic rings. The number of thioether (sulfide) groups is 1. The van der Waals surface area contributed by atoms with Crippen LogP contribution in [-0.4, -0.2) is 29.0 Å². The summed E-state index contributed by atoms with van der Waals surface area (Å²) < 4.78 is 5.10. The third kappa shape index (κ3) is 5.04. The van der Waals surface area contributed by atoms with Crippen molar-refractivity contribution in [3.05, 3.63) is 30.3 Å². The van der Waals surface area contributed by atoms with E-state index in [0.717, 1.165) is 17.7 Å². The molecule has 0 radical (unpaired) electrons. The van der Waals surface area contributed by atoms with E-state index in [4.69, 9.17) is 4.74 Å². The molecular weight excluding hydrogens is 284 g/mol. The number of benzene rings is 1. The molecule has 3 nitrogen and oxygen atoms in total. The van der Waals surface area contributed by atoms with E-state index in [1.807, 2.05) is 30.3 Å². The van der Waals surface area contributed by atoms with Gasteiger partial charge in [-0.1, -0.05) is 31.5 Å². The van der Waals surface area contributed by atoms with Crippen molar-refractivity contribution in [2.75, 3.05) is 6.61 Å². The fourth-order valence-corrected chi connectivity index (χ4v) is 3.63. The van der Waals surface area contributed by atoms with Crippen molar-refractivity contribution in [2.24, 2.45) is 5.41 Å². The molecule has 4 heteroatoms. The zero-order chi connectivity index (χ0) is 15.9. The highest BCUT2D eigenvalue weighted by Crippen LogP contribution is 2.36. The second-order valence-electron chi connectivity index (χ2n) is 5.65. The molecule has 0 fully saturated rings. The normalized spacial score (nSPS) is 14.5. The van der Waals surface area contributed by atoms with E-state index in [9.17, 15) is 9.90 Å². The van der Waals surface area contributed by atoms with Crippen LogP contribution in [0.5, 0.6) is 0 Å². The van der Waals surface area contributed by atoms with E-state index in [1.165, 1.54) is 0 Å². The summed E-state index contributed by atoms with van der Waals surface area (Å²) >= 11 is 1.63. The summed E-state index contributed by atoms with van der Waals surface area (Å²) in [7, 11) is 0. The first kappa shape index (κ1) is 18.1. The molecule has 0 aliphatic carbocycles. The molecule has 21 heavy (non-hydrogen) atoms. The molecular formula is C17H26O3S. The van der Waals surface area contributed by atoms with Crippen molar-refractivity contribution in [2.45, 2.75) is 56.8 Å². The van der Waals surface area contributed by atoms with E-state index in [2.05, 4.69) is 6.92 Å². The van der Waals surface area contributed by atoms with Crippen LogP contribution in [-0.2, 0) is 9.53 Å². The van der Waals surface area contributed by atoms with Gasteiger partial charge in [-0.2, -0.15) is 0 Å². The number of ether oxygens (including phenoxy) is 1. The second kappa shape index (κ2) is 8.44. The summed E-state index contributed by atoms with van der Waals surface area (Å²) in [6.45, 7) is 7.71. The van der Waals surface area contributed by atoms with Crippen LogP contribution in [0.3, 0.4) is 0 Å². The minimum absolute atomic E-state index is 0.0307. The van der Waals surface area contributed by atoms with Gasteiger partial charge in [-0.15, -0.1) is 11.8 Å². The summed E-state index contributed by atoms with van der Waals surface area (Å²) in [5.74, 6) is -0.340. The SMILES string of the molecule is CCC[C@H](Sc1ccccc1)[C@H](O)C(C)(C)C(=O)OCC. The Morgan fingerprint density at radius 1 is 1.29 bits per heavy atom. The Bertz CT molecular complexity index is 431. The lowest BCUT2D eigenvalue weighted by Crippen LogP contribution is -2.44. The van der Waals surface area contributed by atoms with Gasteiger partial charge in [0.1, 0.15) is 0 Å². The molecule has 0 saturated carbocycles. The lowest BCUT2D eigenvalue weighted by atomic mass is 9.83. The number of hydrogen-bond acceptors (Lipinski definition) is 4. The molecule has 0 aromatic heterocycles. The van der Waals surface area contributed by atoms with Crippen molar-refractivity contribution >= 4 is 17.7 Å². The minimum Gasteiger partial charge on any atom is -0.466 e. The summed E-state index contributed by atoms with van der Waals surface area (Å²) in [5, 5.41) is 10.7. The molecule has 1 N–H and O–H groups in total. The maximum atomic E-state index is 12.1. The highest BCUT2D eigenvalue weighted by molar-refractivity contribution is 8.00. The van der Waals surface area contributed by atoms with E-state index >= 15 is 0 Å². The zero-order valence-electron chi connectivity index (χ0n) is 13.3. The number of rotatable bonds is 8. The Kier molecular flexibility index (Phi) is 7.26. The molecule has 118 valence electrons. The average Bonchev–Trinajstić information content (AvgIpc) is 2.47. The number of hydrogen-bond donors (Lipinski definition) is 1. The van der Waals surface area contributed by atoms with Gasteiger partial charge in [0.25, 0.3) is 0 Å². The van der Waals surface area contributed by atoms with Crippen LogP contribution in [0.25, 0.3) is 0 Å². The van der Waals surface area contributed by atoms with Gasteiger partial charge in [0.2, 0.25) is 0 Å². The van der Waals surface area contributed by atoms with Gasteiger partial charge < -0.3 is 9.84 Å². The first-order valence-corrected chi connectivity index (χ1v) is 8.38. The molecule has 0 bridgehead atoms. The molecule has 0 aliphatic heterocycles. The van der Waals surface area contributed by atoms with Gasteiger partial charge in [-0.25, -0.2) is 0 Å². The Labute approximate surface area is 132 Å². The van der Waals surface area contributed by atoms with E-state index in [-0.39, 0.29) is 11.2 Å². The predicted molar refractivity (Wildman–Crippen MR) is 87.4 cm³/mol. The largest absolute Gasteiger partial charge is 0.466 e. The van der Waals surface area contributed by atoms with E-state index in [1.54, 1.807) is 32.5 Å². The highest BCUT2D eigenvalue weighted by atomic mass is 32.2. The molecule has 0 heterocycles. The number of aliphatic hydroxyl groups is 1. The summed E-state index contributed by atoms with van der Waals surface area (Å²) in [5.41, 5.74) is -0.905. The molecule has 1 rings (SSSR count). The molecule has 0 unspecified atom stereocenters. The van der Waals surface area contributed by atoms with E-state index in [0.29, 0.717) is 6.61 Å². The molecule has 1 aromatic rings. The highest BCUT2D eigenvalue weighted by Gasteiger charge is 2.41. The van der Waals surface area contributed by atoms with Gasteiger partial charge in [0, 0.05) is 10.1 Å². The summed E-state index contributed by atoms with van der Waals surface area (Å²) in [6, 6.07) is 9.98. The van der Waals surface area contributed by atoms with Crippen LogP contribution in [0.15, 0.2) is 35.2 Å². The third-order valence-electron chi connectivity index (χ3n) is 3.50. The number of carbonyl (C=O) groups excluding carboxylic acids is 1. The smallest absolute Gasteiger partial charge is 0.314 e. The number of aliphatic hydroxyl groups excluding tert-OH is 1. The van der Waals surface area contributed by atoms with Crippen molar-refractivity contribution in [1.29, 1.82) is 0 Å². The van der Waals surface area contributed by atoms with Crippen molar-refractivity contribution in [3.8, 4) is 0 Å². The predicted octanol–water partition coefficient (Wildman–Crippen LogP) is 3.90. The Morgan fingerprint density at radius 3 is 2.43 bits per heavy atom. The molecule has 2 atom stereocenters. The maximum Gasteiger partial charge on any atom is 0.314 e. The van der Waals surface area contributed by atoms with Crippen LogP contribution in [0, 0.1) is 5.41 Å². The Hall–Kier alpha value is -1.00. The Balaban J connectivity index is 2.86. The molecule has 0 amide bonds. The van der Waals surface area contributed by atoms with Gasteiger partial charge in [0.05, 0.1) is 18.1 Å². The van der Waals surface area contributed by atoms with Crippen LogP contribution in [0.1, 0.15) is 40.5 Å². The lowest BCUT2D eigenvalue weighted by Gasteiger charge is -2.33. The average molecular weight is 310 g/mol. The monoisotopic (exact) mass is 310 g/mol. The third-order valence-corrected chi connectivity index (χ3v) is 4.84. The lowest BCUT2D eigenvalue weighted by molar-refractivity contribution is -0.160. The van der Waals surface area contributed by atoms with Crippen LogP contribution < -0.4 is 0 Å². The quantitative estimate of drug-likeness (QED) is 0.584. The number of esters is 1. The second-order valence-corrected chi connectivity index (χ2v) is 6.96. The van der Waals surface area contributed by atoms with Crippen molar-refractivity contribution < 1.29 is 14.6 Å². The van der Waals surface area contributed by atoms with Gasteiger partial charge >= 0.3 is 5.97 Å². The topological polar surface area (TPSA) is 46.5 Å². The van der Waals surface area contributed by atoms with Gasteiger partial charge in [-0.05, 0) is 39.3 Å². The van der Waals surface area contributed by atoms with Crippen molar-refractivity contribution in [1.82, 2.24) is 0 Å². The maximum absolute atomic E-state index is 12.1. The molecule has 1 aromatic carbocycles. The van der Waals surface area contributed by atoms with Gasteiger partial charge in [0.15, 0.2) is 0 Å². The van der Waals surface area contributed by atoms with Crippen molar-refractivity contribution in [3.63, 3.8) is 0 Å². The fraction of sp³-hybridized carbons (Fsp3) is 0.588. The minimum atomic E-state index is -0.905. The first-order chi connectivity index (χ1) is 9.93. The van der Waals surface area contributed by atoms with Gasteiger partial charge in [-0.3, -0.25) is 4.79 Å². The van der Waals surface area contributed by atoms with Crippen LogP contribution in [0.2, 0.25) is 0 Å². The summed E-state index contributed by atoms with van der Waals surface area (Å²) in [6.07, 6.45) is 1.06. The molecule has 0 saturated heterocycles. The Morgan fingerprint density at radius 2 is 1.90 bits per heavy atom. The molecule has 0 spiro atoms. The summed E-state index contributed by atoms with van der Waals surface area (Å²) in [4.78, 5) is 13.2. The zero-order valence-corrected chi connectivity index (χ0v) is 14.2. The van der Waals surface area contributed by atoms with Crippen LogP contribution >= 0.6 is 11.8 Å². The number of carbonyl (C=O) groups is 1. The van der Waals surface area contributed by atoms with Crippen LogP contribution in [0.4, 0.5) is 0 Å². The first-order valence-electron chi connectivity index (χ1n) is 7.50. The fourth-order valence-electron chi connectivity index (χ4n) is 2.14. The van der Waals surface area contributed by atoms with E-state index < -0.39 is 11.5 Å².